The molecular formula is C14H16BrN3O2. The molecular weight excluding hydrogens is 322 g/mol. The summed E-state index contributed by atoms with van der Waals surface area (Å²) in [5.41, 5.74) is 6.54. The Morgan fingerprint density at radius 2 is 2.10 bits per heavy atom. The van der Waals surface area contributed by atoms with Crippen LogP contribution in [0.15, 0.2) is 39.3 Å². The van der Waals surface area contributed by atoms with E-state index in [1.54, 1.807) is 13.0 Å². The summed E-state index contributed by atoms with van der Waals surface area (Å²) in [4.78, 5) is 12.2. The molecule has 6 heteroatoms. The van der Waals surface area contributed by atoms with E-state index in [1.165, 1.54) is 0 Å². The molecule has 0 aliphatic heterocycles. The second-order valence-electron chi connectivity index (χ2n) is 4.83. The summed E-state index contributed by atoms with van der Waals surface area (Å²) in [6, 6.07) is 9.12. The lowest BCUT2D eigenvalue weighted by Gasteiger charge is -2.23. The normalized spacial score (nSPS) is 13.8. The van der Waals surface area contributed by atoms with E-state index < -0.39 is 5.54 Å². The fraction of sp³-hybridized carbons (Fsp3) is 0.286. The van der Waals surface area contributed by atoms with Gasteiger partial charge in [-0.2, -0.15) is 0 Å². The van der Waals surface area contributed by atoms with Gasteiger partial charge in [0, 0.05) is 10.5 Å². The third kappa shape index (κ3) is 3.26. The summed E-state index contributed by atoms with van der Waals surface area (Å²) in [7, 11) is 0. The van der Waals surface area contributed by atoms with Gasteiger partial charge in [-0.3, -0.25) is 4.79 Å². The lowest BCUT2D eigenvalue weighted by Crippen LogP contribution is -2.48. The van der Waals surface area contributed by atoms with Gasteiger partial charge in [0.2, 0.25) is 5.91 Å². The number of nitrogens with one attached hydrogen (secondary N) is 1. The van der Waals surface area contributed by atoms with Crippen molar-refractivity contribution in [2.75, 3.05) is 0 Å². The van der Waals surface area contributed by atoms with Gasteiger partial charge in [-0.15, -0.1) is 0 Å². The van der Waals surface area contributed by atoms with Crippen molar-refractivity contribution >= 4 is 21.8 Å². The molecule has 20 heavy (non-hydrogen) atoms. The summed E-state index contributed by atoms with van der Waals surface area (Å²) in [6.45, 7) is 3.77. The number of nitrogens with two attached hydrogens (primary N) is 1. The van der Waals surface area contributed by atoms with Gasteiger partial charge in [0.05, 0.1) is 12.2 Å². The first-order chi connectivity index (χ1) is 9.39. The predicted molar refractivity (Wildman–Crippen MR) is 78.8 cm³/mol. The highest BCUT2D eigenvalue weighted by atomic mass is 79.9. The Morgan fingerprint density at radius 1 is 1.45 bits per heavy atom. The van der Waals surface area contributed by atoms with Crippen molar-refractivity contribution in [2.45, 2.75) is 25.9 Å². The van der Waals surface area contributed by atoms with Gasteiger partial charge in [0.15, 0.2) is 5.76 Å². The van der Waals surface area contributed by atoms with E-state index in [0.29, 0.717) is 5.76 Å². The topological polar surface area (TPSA) is 81.2 Å². The van der Waals surface area contributed by atoms with Crippen LogP contribution in [0.2, 0.25) is 0 Å². The van der Waals surface area contributed by atoms with Gasteiger partial charge < -0.3 is 15.6 Å². The van der Waals surface area contributed by atoms with E-state index in [1.807, 2.05) is 31.2 Å². The van der Waals surface area contributed by atoms with Crippen molar-refractivity contribution in [3.63, 3.8) is 0 Å². The minimum atomic E-state index is -1.10. The van der Waals surface area contributed by atoms with Crippen LogP contribution in [0.25, 0.3) is 0 Å². The highest BCUT2D eigenvalue weighted by Gasteiger charge is 2.30. The number of hydrogen-bond acceptors (Lipinski definition) is 4. The molecule has 0 radical (unpaired) electrons. The fourth-order valence-corrected chi connectivity index (χ4v) is 2.04. The van der Waals surface area contributed by atoms with E-state index in [9.17, 15) is 4.79 Å². The molecule has 1 heterocycles. The van der Waals surface area contributed by atoms with Gasteiger partial charge in [-0.1, -0.05) is 33.2 Å². The Labute approximate surface area is 125 Å². The first-order valence-electron chi connectivity index (χ1n) is 6.15. The van der Waals surface area contributed by atoms with Crippen molar-refractivity contribution < 1.29 is 9.32 Å². The Kier molecular flexibility index (Phi) is 4.25. The molecule has 1 atom stereocenters. The van der Waals surface area contributed by atoms with Gasteiger partial charge in [0.1, 0.15) is 5.54 Å². The van der Waals surface area contributed by atoms with E-state index in [-0.39, 0.29) is 12.5 Å². The molecule has 2 aromatic rings. The minimum absolute atomic E-state index is 0.267. The second kappa shape index (κ2) is 5.76. The van der Waals surface area contributed by atoms with Gasteiger partial charge in [0.25, 0.3) is 0 Å². The highest BCUT2D eigenvalue weighted by Crippen LogP contribution is 2.20. The third-order valence-corrected chi connectivity index (χ3v) is 3.54. The number of benzene rings is 1. The maximum absolute atomic E-state index is 12.2. The van der Waals surface area contributed by atoms with Crippen LogP contribution in [0.4, 0.5) is 0 Å². The van der Waals surface area contributed by atoms with Crippen LogP contribution < -0.4 is 11.1 Å². The molecule has 1 aromatic heterocycles. The number of amides is 1. The smallest absolute Gasteiger partial charge is 0.244 e. The first kappa shape index (κ1) is 14.7. The molecule has 1 unspecified atom stereocenters. The van der Waals surface area contributed by atoms with Crippen molar-refractivity contribution in [3.05, 3.63) is 51.8 Å². The number of carbonyl (C=O) groups is 1. The first-order valence-corrected chi connectivity index (χ1v) is 6.94. The van der Waals surface area contributed by atoms with E-state index in [2.05, 4.69) is 26.4 Å². The number of nitrogens with zero attached hydrogens (tertiary/aromatic N) is 1. The Bertz CT molecular complexity index is 605. The molecule has 5 nitrogen and oxygen atoms in total. The summed E-state index contributed by atoms with van der Waals surface area (Å²) in [6.07, 6.45) is 0. The molecule has 106 valence electrons. The van der Waals surface area contributed by atoms with Crippen LogP contribution in [0, 0.1) is 6.92 Å². The average Bonchev–Trinajstić information content (AvgIpc) is 2.82. The van der Waals surface area contributed by atoms with Crippen LogP contribution in [0.5, 0.6) is 0 Å². The summed E-state index contributed by atoms with van der Waals surface area (Å²) >= 11 is 3.35. The Balaban J connectivity index is 2.05. The van der Waals surface area contributed by atoms with E-state index in [0.717, 1.165) is 15.7 Å². The summed E-state index contributed by atoms with van der Waals surface area (Å²) in [5, 5.41) is 6.52. The molecule has 0 bridgehead atoms. The second-order valence-corrected chi connectivity index (χ2v) is 5.74. The zero-order valence-corrected chi connectivity index (χ0v) is 12.9. The standard InChI is InChI=1S/C14H16BrN3O2/c1-9-7-12(20-18-9)8-17-13(19)14(2,16)10-3-5-11(15)6-4-10/h3-7H,8,16H2,1-2H3,(H,17,19). The van der Waals surface area contributed by atoms with Crippen LogP contribution in [0.3, 0.4) is 0 Å². The van der Waals surface area contributed by atoms with Crippen molar-refractivity contribution in [1.82, 2.24) is 10.5 Å². The van der Waals surface area contributed by atoms with Gasteiger partial charge in [-0.25, -0.2) is 0 Å². The number of aryl methyl sites for hydroxylation is 1. The van der Waals surface area contributed by atoms with Crippen molar-refractivity contribution in [1.29, 1.82) is 0 Å². The quantitative estimate of drug-likeness (QED) is 0.896. The molecule has 0 saturated carbocycles. The Hall–Kier alpha value is -1.66. The molecule has 3 N–H and O–H groups in total. The zero-order chi connectivity index (χ0) is 14.8. The van der Waals surface area contributed by atoms with E-state index in [4.69, 9.17) is 10.3 Å². The lowest BCUT2D eigenvalue weighted by molar-refractivity contribution is -0.126. The highest BCUT2D eigenvalue weighted by molar-refractivity contribution is 9.10. The van der Waals surface area contributed by atoms with Gasteiger partial charge >= 0.3 is 0 Å². The predicted octanol–water partition coefficient (Wildman–Crippen LogP) is 2.24. The van der Waals surface area contributed by atoms with Crippen molar-refractivity contribution in [3.8, 4) is 0 Å². The monoisotopic (exact) mass is 337 g/mol. The summed E-state index contributed by atoms with van der Waals surface area (Å²) in [5.74, 6) is 0.330. The van der Waals surface area contributed by atoms with Crippen LogP contribution in [0.1, 0.15) is 23.9 Å². The average molecular weight is 338 g/mol. The van der Waals surface area contributed by atoms with Crippen LogP contribution >= 0.6 is 15.9 Å². The molecule has 2 rings (SSSR count). The van der Waals surface area contributed by atoms with Crippen molar-refractivity contribution in [2.24, 2.45) is 5.73 Å². The van der Waals surface area contributed by atoms with E-state index >= 15 is 0 Å². The molecule has 1 amide bonds. The number of carbonyl (C=O) groups excluding carboxylic acids is 1. The van der Waals surface area contributed by atoms with Crippen LogP contribution in [-0.2, 0) is 16.9 Å². The maximum atomic E-state index is 12.2. The number of halogens is 1. The Morgan fingerprint density at radius 3 is 2.65 bits per heavy atom. The third-order valence-electron chi connectivity index (χ3n) is 3.02. The lowest BCUT2D eigenvalue weighted by atomic mass is 9.92. The molecule has 0 saturated heterocycles. The molecule has 0 spiro atoms. The minimum Gasteiger partial charge on any atom is -0.359 e. The van der Waals surface area contributed by atoms with Crippen LogP contribution in [-0.4, -0.2) is 11.1 Å². The number of aromatic nitrogens is 1. The molecule has 0 aliphatic rings. The fourth-order valence-electron chi connectivity index (χ4n) is 1.78. The molecule has 1 aromatic carbocycles. The molecule has 0 aliphatic carbocycles. The zero-order valence-electron chi connectivity index (χ0n) is 11.3. The van der Waals surface area contributed by atoms with Gasteiger partial charge in [-0.05, 0) is 31.5 Å². The molecule has 0 fully saturated rings. The largest absolute Gasteiger partial charge is 0.359 e. The number of hydrogen-bond donors (Lipinski definition) is 2. The summed E-state index contributed by atoms with van der Waals surface area (Å²) < 4.78 is 5.98. The maximum Gasteiger partial charge on any atom is 0.244 e. The number of rotatable bonds is 4. The SMILES string of the molecule is Cc1cc(CNC(=O)C(C)(N)c2ccc(Br)cc2)on1.